The maximum atomic E-state index is 13.7. The largest absolute Gasteiger partial charge is 0.494 e. The van der Waals surface area contributed by atoms with Crippen LogP contribution >= 0.6 is 0 Å². The van der Waals surface area contributed by atoms with Gasteiger partial charge in [0, 0.05) is 38.1 Å². The number of ether oxygens (including phenoxy) is 1. The number of amides is 1. The minimum Gasteiger partial charge on any atom is -0.494 e. The van der Waals surface area contributed by atoms with Crippen molar-refractivity contribution in [1.29, 1.82) is 0 Å². The molecule has 0 unspecified atom stereocenters. The number of benzene rings is 2. The summed E-state index contributed by atoms with van der Waals surface area (Å²) < 4.78 is 60.1. The Balaban J connectivity index is 2.03. The van der Waals surface area contributed by atoms with Crippen LogP contribution in [0.15, 0.2) is 55.3 Å². The first-order valence-corrected chi connectivity index (χ1v) is 11.7. The fraction of sp³-hybridized carbons (Fsp3) is 0.269. The number of halogens is 4. The zero-order valence-corrected chi connectivity index (χ0v) is 21.9. The molecule has 0 aliphatic rings. The zero-order chi connectivity index (χ0) is 28.7. The van der Waals surface area contributed by atoms with Gasteiger partial charge in [-0.15, -0.1) is 0 Å². The molecule has 0 atom stereocenters. The van der Waals surface area contributed by atoms with Crippen LogP contribution in [0.25, 0.3) is 0 Å². The van der Waals surface area contributed by atoms with E-state index < -0.39 is 29.3 Å². The fourth-order valence-corrected chi connectivity index (χ4v) is 3.47. The molecule has 0 aliphatic carbocycles. The van der Waals surface area contributed by atoms with Gasteiger partial charge in [0.25, 0.3) is 0 Å². The van der Waals surface area contributed by atoms with Crippen molar-refractivity contribution in [3.8, 4) is 5.75 Å². The highest BCUT2D eigenvalue weighted by Crippen LogP contribution is 2.39. The molecule has 1 amide bonds. The number of anilines is 6. The highest BCUT2D eigenvalue weighted by Gasteiger charge is 2.35. The van der Waals surface area contributed by atoms with Crippen LogP contribution in [0, 0.1) is 5.82 Å². The van der Waals surface area contributed by atoms with E-state index in [-0.39, 0.29) is 17.3 Å². The fourth-order valence-electron chi connectivity index (χ4n) is 3.47. The summed E-state index contributed by atoms with van der Waals surface area (Å²) in [7, 11) is 7.14. The first-order valence-electron chi connectivity index (χ1n) is 11.7. The van der Waals surface area contributed by atoms with Gasteiger partial charge in [0.15, 0.2) is 0 Å². The number of nitrogens with one attached hydrogen (secondary N) is 3. The molecule has 3 N–H and O–H groups in total. The Morgan fingerprint density at radius 1 is 1.10 bits per heavy atom. The van der Waals surface area contributed by atoms with Crippen LogP contribution in [0.4, 0.5) is 52.1 Å². The monoisotopic (exact) mass is 547 g/mol. The minimum atomic E-state index is -4.77. The van der Waals surface area contributed by atoms with Crippen molar-refractivity contribution in [2.24, 2.45) is 0 Å². The summed E-state index contributed by atoms with van der Waals surface area (Å²) in [5.41, 5.74) is 0.243. The van der Waals surface area contributed by atoms with Crippen molar-refractivity contribution >= 4 is 40.4 Å². The molecule has 39 heavy (non-hydrogen) atoms. The molecule has 208 valence electrons. The van der Waals surface area contributed by atoms with Crippen molar-refractivity contribution in [1.82, 2.24) is 14.9 Å². The maximum Gasteiger partial charge on any atom is 0.421 e. The molecule has 0 radical (unpaired) electrons. The summed E-state index contributed by atoms with van der Waals surface area (Å²) in [5, 5.41) is 8.10. The van der Waals surface area contributed by atoms with Crippen LogP contribution < -0.4 is 25.6 Å². The smallest absolute Gasteiger partial charge is 0.421 e. The predicted molar refractivity (Wildman–Crippen MR) is 144 cm³/mol. The third-order valence-electron chi connectivity index (χ3n) is 5.48. The quantitative estimate of drug-likeness (QED) is 0.221. The number of likely N-dealkylation sites (N-methyl/N-ethyl adjacent to an activating group) is 2. The van der Waals surface area contributed by atoms with E-state index in [4.69, 9.17) is 4.74 Å². The average molecular weight is 548 g/mol. The van der Waals surface area contributed by atoms with Crippen LogP contribution in [-0.2, 0) is 11.0 Å². The summed E-state index contributed by atoms with van der Waals surface area (Å²) >= 11 is 0. The lowest BCUT2D eigenvalue weighted by atomic mass is 10.2. The minimum absolute atomic E-state index is 0.0715. The molecule has 9 nitrogen and oxygen atoms in total. The topological polar surface area (TPSA) is 94.6 Å². The summed E-state index contributed by atoms with van der Waals surface area (Å²) in [6.07, 6.45) is -3.04. The number of hydrogen-bond donors (Lipinski definition) is 3. The van der Waals surface area contributed by atoms with Gasteiger partial charge in [0.2, 0.25) is 11.9 Å². The second-order valence-corrected chi connectivity index (χ2v) is 8.70. The van der Waals surface area contributed by atoms with Gasteiger partial charge in [-0.3, -0.25) is 4.79 Å². The molecule has 0 bridgehead atoms. The van der Waals surface area contributed by atoms with Crippen molar-refractivity contribution < 1.29 is 27.1 Å². The molecule has 0 saturated heterocycles. The maximum absolute atomic E-state index is 13.7. The molecule has 1 heterocycles. The van der Waals surface area contributed by atoms with Crippen LogP contribution in [0.1, 0.15) is 5.56 Å². The molecule has 3 aromatic rings. The number of rotatable bonds is 11. The molecule has 0 spiro atoms. The van der Waals surface area contributed by atoms with E-state index in [1.54, 1.807) is 12.1 Å². The molecule has 1 aromatic heterocycles. The van der Waals surface area contributed by atoms with Gasteiger partial charge in [-0.05, 0) is 44.4 Å². The van der Waals surface area contributed by atoms with E-state index in [9.17, 15) is 22.4 Å². The predicted octanol–water partition coefficient (Wildman–Crippen LogP) is 5.25. The molecule has 0 fully saturated rings. The van der Waals surface area contributed by atoms with Crippen molar-refractivity contribution in [2.75, 3.05) is 62.2 Å². The van der Waals surface area contributed by atoms with Gasteiger partial charge in [-0.25, -0.2) is 9.37 Å². The number of nitrogens with zero attached hydrogens (tertiary/aromatic N) is 4. The molecule has 0 aliphatic heterocycles. The number of alkyl halides is 3. The van der Waals surface area contributed by atoms with Crippen LogP contribution in [0.5, 0.6) is 5.75 Å². The lowest BCUT2D eigenvalue weighted by Gasteiger charge is -2.26. The van der Waals surface area contributed by atoms with Gasteiger partial charge in [0.05, 0.1) is 24.2 Å². The summed E-state index contributed by atoms with van der Waals surface area (Å²) in [6.45, 7) is 4.83. The average Bonchev–Trinajstić information content (AvgIpc) is 2.86. The van der Waals surface area contributed by atoms with Crippen LogP contribution in [0.2, 0.25) is 0 Å². The SMILES string of the molecule is C=CC(=O)Nc1cc(Nc2ncc(C(F)(F)F)c(Nc3cccc(F)c3)n2)c(OC)cc1N(C)CCN(C)C. The first-order chi connectivity index (χ1) is 18.4. The van der Waals surface area contributed by atoms with Crippen LogP contribution in [0.3, 0.4) is 0 Å². The second kappa shape index (κ2) is 12.4. The van der Waals surface area contributed by atoms with E-state index in [0.717, 1.165) is 18.7 Å². The van der Waals surface area contributed by atoms with E-state index in [2.05, 4.69) is 32.5 Å². The van der Waals surface area contributed by atoms with Crippen molar-refractivity contribution in [3.05, 3.63) is 66.6 Å². The van der Waals surface area contributed by atoms with Crippen molar-refractivity contribution in [2.45, 2.75) is 6.18 Å². The first kappa shape index (κ1) is 29.2. The molecule has 13 heteroatoms. The number of aromatic nitrogens is 2. The zero-order valence-electron chi connectivity index (χ0n) is 21.9. The lowest BCUT2D eigenvalue weighted by molar-refractivity contribution is -0.137. The van der Waals surface area contributed by atoms with Gasteiger partial charge >= 0.3 is 6.18 Å². The molecular weight excluding hydrogens is 518 g/mol. The number of hydrogen-bond acceptors (Lipinski definition) is 8. The third kappa shape index (κ3) is 7.80. The Labute approximate surface area is 223 Å². The number of carbonyl (C=O) groups excluding carboxylic acids is 1. The Hall–Kier alpha value is -4.39. The molecule has 3 rings (SSSR count). The number of carbonyl (C=O) groups is 1. The van der Waals surface area contributed by atoms with Crippen molar-refractivity contribution in [3.63, 3.8) is 0 Å². The van der Waals surface area contributed by atoms with E-state index in [1.165, 1.54) is 25.3 Å². The standard InChI is InChI=1S/C26H29F4N7O2/c1-6-23(38)33-19-13-20(22(39-5)14-21(19)37(4)11-10-36(2)3)34-25-31-15-18(26(28,29)30)24(35-25)32-17-9-7-8-16(27)12-17/h6-9,12-15H,1,10-11H2,2-5H3,(H,33,38)(H2,31,32,34,35). The van der Waals surface area contributed by atoms with E-state index in [1.807, 2.05) is 30.9 Å². The summed E-state index contributed by atoms with van der Waals surface area (Å²) in [5.74, 6) is -1.54. The Kier molecular flexibility index (Phi) is 9.30. The number of methoxy groups -OCH3 is 1. The Bertz CT molecular complexity index is 1330. The normalized spacial score (nSPS) is 11.2. The molecular formula is C26H29F4N7O2. The second-order valence-electron chi connectivity index (χ2n) is 8.70. The van der Waals surface area contributed by atoms with Gasteiger partial charge in [-0.1, -0.05) is 12.6 Å². The third-order valence-corrected chi connectivity index (χ3v) is 5.48. The summed E-state index contributed by atoms with van der Waals surface area (Å²) in [6, 6.07) is 8.20. The van der Waals surface area contributed by atoms with Gasteiger partial charge in [0.1, 0.15) is 22.9 Å². The Morgan fingerprint density at radius 2 is 1.85 bits per heavy atom. The molecule has 2 aromatic carbocycles. The molecule has 0 saturated carbocycles. The summed E-state index contributed by atoms with van der Waals surface area (Å²) in [4.78, 5) is 23.9. The van der Waals surface area contributed by atoms with Gasteiger partial charge in [-0.2, -0.15) is 18.2 Å². The Morgan fingerprint density at radius 3 is 2.46 bits per heavy atom. The van der Waals surface area contributed by atoms with E-state index in [0.29, 0.717) is 29.9 Å². The lowest BCUT2D eigenvalue weighted by Crippen LogP contribution is -2.29. The highest BCUT2D eigenvalue weighted by atomic mass is 19.4. The van der Waals surface area contributed by atoms with Crippen LogP contribution in [-0.4, -0.2) is 62.1 Å². The van der Waals surface area contributed by atoms with E-state index >= 15 is 0 Å². The van der Waals surface area contributed by atoms with Gasteiger partial charge < -0.3 is 30.5 Å². The highest BCUT2D eigenvalue weighted by molar-refractivity contribution is 6.02.